The average molecular weight is 331 g/mol. The van der Waals surface area contributed by atoms with Gasteiger partial charge in [0.1, 0.15) is 5.75 Å². The molecule has 124 valence electrons. The van der Waals surface area contributed by atoms with Gasteiger partial charge in [-0.3, -0.25) is 0 Å². The molecule has 1 fully saturated rings. The summed E-state index contributed by atoms with van der Waals surface area (Å²) in [5.74, 6) is 3.82. The summed E-state index contributed by atoms with van der Waals surface area (Å²) in [6, 6.07) is 8.03. The Morgan fingerprint density at radius 2 is 1.87 bits per heavy atom. The van der Waals surface area contributed by atoms with Gasteiger partial charge < -0.3 is 9.30 Å². The molecule has 0 amide bonds. The summed E-state index contributed by atoms with van der Waals surface area (Å²) in [5.41, 5.74) is 1.09. The number of aromatic nitrogens is 3. The van der Waals surface area contributed by atoms with E-state index < -0.39 is 0 Å². The van der Waals surface area contributed by atoms with Crippen molar-refractivity contribution in [1.29, 1.82) is 0 Å². The zero-order valence-electron chi connectivity index (χ0n) is 14.0. The lowest BCUT2D eigenvalue weighted by molar-refractivity contribution is 0.390. The Morgan fingerprint density at radius 1 is 1.13 bits per heavy atom. The smallest absolute Gasteiger partial charge is 0.191 e. The molecule has 0 atom stereocenters. The summed E-state index contributed by atoms with van der Waals surface area (Å²) in [4.78, 5) is 0. The Balaban J connectivity index is 1.73. The van der Waals surface area contributed by atoms with Crippen LogP contribution in [0.1, 0.15) is 39.0 Å². The minimum Gasteiger partial charge on any atom is -0.497 e. The summed E-state index contributed by atoms with van der Waals surface area (Å²) in [7, 11) is 1.68. The zero-order valence-corrected chi connectivity index (χ0v) is 14.8. The standard InChI is InChI=1S/C18H25N3OS/c1-3-21-17(15-9-11-16(22-2)12-10-15)19-20-18(21)23-13-14-7-5-4-6-8-14/h9-12,14H,3-8,13H2,1-2H3. The van der Waals surface area contributed by atoms with Crippen LogP contribution in [0, 0.1) is 5.92 Å². The molecule has 1 aliphatic carbocycles. The minimum absolute atomic E-state index is 0.847. The van der Waals surface area contributed by atoms with Crippen LogP contribution in [0.3, 0.4) is 0 Å². The van der Waals surface area contributed by atoms with E-state index in [1.165, 1.54) is 37.9 Å². The molecule has 5 heteroatoms. The molecule has 23 heavy (non-hydrogen) atoms. The van der Waals surface area contributed by atoms with Crippen molar-refractivity contribution in [2.24, 2.45) is 5.92 Å². The highest BCUT2D eigenvalue weighted by Crippen LogP contribution is 2.31. The van der Waals surface area contributed by atoms with Crippen LogP contribution in [-0.4, -0.2) is 27.6 Å². The molecule has 1 aromatic carbocycles. The van der Waals surface area contributed by atoms with Gasteiger partial charge in [-0.25, -0.2) is 0 Å². The number of benzene rings is 1. The van der Waals surface area contributed by atoms with Crippen LogP contribution >= 0.6 is 11.8 Å². The highest BCUT2D eigenvalue weighted by atomic mass is 32.2. The molecule has 3 rings (SSSR count). The average Bonchev–Trinajstić information content (AvgIpc) is 3.04. The summed E-state index contributed by atoms with van der Waals surface area (Å²) in [6.07, 6.45) is 6.94. The van der Waals surface area contributed by atoms with Crippen LogP contribution < -0.4 is 4.74 Å². The third-order valence-electron chi connectivity index (χ3n) is 4.55. The van der Waals surface area contributed by atoms with Crippen LogP contribution in [0.5, 0.6) is 5.75 Å². The second-order valence-corrected chi connectivity index (χ2v) is 7.08. The molecule has 0 N–H and O–H groups in total. The lowest BCUT2D eigenvalue weighted by Crippen LogP contribution is -2.09. The van der Waals surface area contributed by atoms with Gasteiger partial charge in [-0.15, -0.1) is 10.2 Å². The number of ether oxygens (including phenoxy) is 1. The number of hydrogen-bond donors (Lipinski definition) is 0. The van der Waals surface area contributed by atoms with Gasteiger partial charge in [0.05, 0.1) is 7.11 Å². The summed E-state index contributed by atoms with van der Waals surface area (Å²) in [6.45, 7) is 3.04. The summed E-state index contributed by atoms with van der Waals surface area (Å²) >= 11 is 1.87. The van der Waals surface area contributed by atoms with Crippen molar-refractivity contribution in [2.75, 3.05) is 12.9 Å². The molecule has 0 aliphatic heterocycles. The first-order chi connectivity index (χ1) is 11.3. The van der Waals surface area contributed by atoms with Gasteiger partial charge in [0, 0.05) is 17.9 Å². The van der Waals surface area contributed by atoms with E-state index in [0.29, 0.717) is 0 Å². The molecule has 2 aromatic rings. The molecule has 0 saturated heterocycles. The van der Waals surface area contributed by atoms with Gasteiger partial charge in [0.25, 0.3) is 0 Å². The van der Waals surface area contributed by atoms with Crippen molar-refractivity contribution in [3.05, 3.63) is 24.3 Å². The van der Waals surface area contributed by atoms with E-state index in [1.54, 1.807) is 7.11 Å². The van der Waals surface area contributed by atoms with Gasteiger partial charge in [0.15, 0.2) is 11.0 Å². The van der Waals surface area contributed by atoms with Gasteiger partial charge in [0.2, 0.25) is 0 Å². The van der Waals surface area contributed by atoms with Gasteiger partial charge in [-0.2, -0.15) is 0 Å². The predicted octanol–water partition coefficient (Wildman–Crippen LogP) is 4.65. The zero-order chi connectivity index (χ0) is 16.1. The summed E-state index contributed by atoms with van der Waals surface area (Å²) < 4.78 is 7.44. The first-order valence-corrected chi connectivity index (χ1v) is 9.50. The maximum atomic E-state index is 5.23. The van der Waals surface area contributed by atoms with E-state index in [4.69, 9.17) is 4.74 Å². The van der Waals surface area contributed by atoms with Crippen LogP contribution in [0.25, 0.3) is 11.4 Å². The van der Waals surface area contributed by atoms with Crippen molar-refractivity contribution < 1.29 is 4.74 Å². The van der Waals surface area contributed by atoms with E-state index in [0.717, 1.165) is 34.8 Å². The van der Waals surface area contributed by atoms with E-state index in [2.05, 4.69) is 21.7 Å². The molecule has 0 unspecified atom stereocenters. The van der Waals surface area contributed by atoms with Crippen LogP contribution in [0.4, 0.5) is 0 Å². The number of hydrogen-bond acceptors (Lipinski definition) is 4. The molecule has 0 bridgehead atoms. The number of rotatable bonds is 6. The van der Waals surface area contributed by atoms with E-state index in [-0.39, 0.29) is 0 Å². The number of methoxy groups -OCH3 is 1. The molecular formula is C18H25N3OS. The monoisotopic (exact) mass is 331 g/mol. The highest BCUT2D eigenvalue weighted by Gasteiger charge is 2.17. The van der Waals surface area contributed by atoms with Crippen molar-refractivity contribution in [3.63, 3.8) is 0 Å². The van der Waals surface area contributed by atoms with E-state index >= 15 is 0 Å². The second kappa shape index (κ2) is 7.86. The first-order valence-electron chi connectivity index (χ1n) is 8.52. The molecule has 1 aliphatic rings. The van der Waals surface area contributed by atoms with Crippen molar-refractivity contribution in [2.45, 2.75) is 50.7 Å². The third-order valence-corrected chi connectivity index (χ3v) is 5.75. The largest absolute Gasteiger partial charge is 0.497 e. The highest BCUT2D eigenvalue weighted by molar-refractivity contribution is 7.99. The van der Waals surface area contributed by atoms with Crippen LogP contribution in [-0.2, 0) is 6.54 Å². The fraction of sp³-hybridized carbons (Fsp3) is 0.556. The molecule has 1 aromatic heterocycles. The predicted molar refractivity (Wildman–Crippen MR) is 95.0 cm³/mol. The Morgan fingerprint density at radius 3 is 2.52 bits per heavy atom. The normalized spacial score (nSPS) is 15.7. The van der Waals surface area contributed by atoms with Gasteiger partial charge >= 0.3 is 0 Å². The Bertz CT molecular complexity index is 618. The maximum absolute atomic E-state index is 5.23. The van der Waals surface area contributed by atoms with Crippen LogP contribution in [0.15, 0.2) is 29.4 Å². The number of thioether (sulfide) groups is 1. The third kappa shape index (κ3) is 3.89. The van der Waals surface area contributed by atoms with Crippen molar-refractivity contribution in [1.82, 2.24) is 14.8 Å². The lowest BCUT2D eigenvalue weighted by atomic mass is 9.91. The minimum atomic E-state index is 0.847. The van der Waals surface area contributed by atoms with Crippen LogP contribution in [0.2, 0.25) is 0 Å². The fourth-order valence-electron chi connectivity index (χ4n) is 3.18. The van der Waals surface area contributed by atoms with Gasteiger partial charge in [-0.05, 0) is 49.9 Å². The fourth-order valence-corrected chi connectivity index (χ4v) is 4.37. The molecule has 0 radical (unpaired) electrons. The quantitative estimate of drug-likeness (QED) is 0.723. The topological polar surface area (TPSA) is 39.9 Å². The van der Waals surface area contributed by atoms with Crippen molar-refractivity contribution in [3.8, 4) is 17.1 Å². The Kier molecular flexibility index (Phi) is 5.60. The summed E-state index contributed by atoms with van der Waals surface area (Å²) in [5, 5.41) is 9.91. The molecule has 1 saturated carbocycles. The SMILES string of the molecule is CCn1c(SCC2CCCCC2)nnc1-c1ccc(OC)cc1. The second-order valence-electron chi connectivity index (χ2n) is 6.09. The van der Waals surface area contributed by atoms with Gasteiger partial charge in [-0.1, -0.05) is 31.0 Å². The van der Waals surface area contributed by atoms with Crippen molar-refractivity contribution >= 4 is 11.8 Å². The Hall–Kier alpha value is -1.49. The first kappa shape index (κ1) is 16.4. The molecule has 1 heterocycles. The number of nitrogens with zero attached hydrogens (tertiary/aromatic N) is 3. The maximum Gasteiger partial charge on any atom is 0.191 e. The Labute approximate surface area is 142 Å². The van der Waals surface area contributed by atoms with E-state index in [1.807, 2.05) is 36.0 Å². The molecule has 4 nitrogen and oxygen atoms in total. The molecule has 0 spiro atoms. The molecular weight excluding hydrogens is 306 g/mol. The lowest BCUT2D eigenvalue weighted by Gasteiger charge is -2.20. The van der Waals surface area contributed by atoms with E-state index in [9.17, 15) is 0 Å².